The van der Waals surface area contributed by atoms with Gasteiger partial charge in [0.1, 0.15) is 6.10 Å². The second-order valence-corrected chi connectivity index (χ2v) is 17.5. The molecule has 57 heavy (non-hydrogen) atoms. The Labute approximate surface area is 383 Å². The molecule has 17 atom stereocenters. The summed E-state index contributed by atoms with van der Waals surface area (Å²) in [4.78, 5) is 3.11. The average Bonchev–Trinajstić information content (AvgIpc) is 3.19. The molecule has 0 bridgehead atoms. The number of allylic oxidation sites excluding steroid dienone is 1. The Kier molecular flexibility index (Phi) is 26.9. The van der Waals surface area contributed by atoms with Crippen LogP contribution in [0.1, 0.15) is 166 Å². The van der Waals surface area contributed by atoms with Gasteiger partial charge in [0.15, 0.2) is 18.9 Å². The van der Waals surface area contributed by atoms with Crippen LogP contribution in [0.15, 0.2) is 17.3 Å². The third kappa shape index (κ3) is 16.1. The quantitative estimate of drug-likeness (QED) is 0.0302. The van der Waals surface area contributed by atoms with E-state index in [9.17, 15) is 15.7 Å². The van der Waals surface area contributed by atoms with Crippen LogP contribution in [0.5, 0.6) is 0 Å². The summed E-state index contributed by atoms with van der Waals surface area (Å²) >= 11 is 0. The minimum absolute atomic E-state index is 0. The summed E-state index contributed by atoms with van der Waals surface area (Å²) in [6, 6.07) is -0.422. The van der Waals surface area contributed by atoms with Crippen LogP contribution >= 0.6 is 0 Å². The molecule has 11 nitrogen and oxygen atoms in total. The number of hydrogen-bond acceptors (Lipinski definition) is 9. The summed E-state index contributed by atoms with van der Waals surface area (Å²) in [5, 5.41) is 26.5. The molecule has 0 spiro atoms. The zero-order valence-electron chi connectivity index (χ0n) is 37.5. The van der Waals surface area contributed by atoms with Gasteiger partial charge in [-0.1, -0.05) is 151 Å². The van der Waals surface area contributed by atoms with Crippen LogP contribution in [0.25, 0.3) is 10.4 Å². The number of hydrogen-bond donors (Lipinski definition) is 2. The van der Waals surface area contributed by atoms with Gasteiger partial charge < -0.3 is 38.6 Å². The van der Waals surface area contributed by atoms with Gasteiger partial charge in [-0.15, -0.1) is 0 Å². The van der Waals surface area contributed by atoms with E-state index in [0.717, 1.165) is 19.3 Å². The second kappa shape index (κ2) is 28.7. The molecule has 1 radical (unpaired) electrons. The van der Waals surface area contributed by atoms with Crippen molar-refractivity contribution in [3.8, 4) is 0 Å². The number of unbranched alkanes of at least 4 members (excludes halogenated alkanes) is 11. The van der Waals surface area contributed by atoms with E-state index in [1.54, 1.807) is 0 Å². The molecule has 3 heterocycles. The molecule has 0 aromatic rings. The molecule has 3 fully saturated rings. The predicted molar refractivity (Wildman–Crippen MR) is 223 cm³/mol. The molecule has 3 aliphatic heterocycles. The van der Waals surface area contributed by atoms with E-state index in [2.05, 4.69) is 56.8 Å². The molecule has 2 N–H and O–H groups in total. The molecule has 0 aliphatic carbocycles. The van der Waals surface area contributed by atoms with Crippen molar-refractivity contribution in [1.82, 2.24) is 0 Å². The Balaban J connectivity index is 0.0000112. The Morgan fingerprint density at radius 1 is 0.632 bits per heavy atom. The first-order valence-corrected chi connectivity index (χ1v) is 22.9. The monoisotopic (exact) mass is 1020 g/mol. The molecule has 3 rings (SSSR count). The van der Waals surface area contributed by atoms with Crippen LogP contribution in [0, 0.1) is 79.6 Å². The van der Waals surface area contributed by atoms with E-state index in [1.807, 2.05) is 34.6 Å². The van der Waals surface area contributed by atoms with Crippen molar-refractivity contribution in [3.05, 3.63) is 22.6 Å². The molecule has 329 valence electrons. The van der Waals surface area contributed by atoms with Crippen LogP contribution in [0.2, 0.25) is 0 Å². The topological polar surface area (TPSA) is 145 Å². The Morgan fingerprint density at radius 2 is 1.12 bits per heavy atom. The van der Waals surface area contributed by atoms with Gasteiger partial charge in [0, 0.05) is 72.6 Å². The summed E-state index contributed by atoms with van der Waals surface area (Å²) in [5.74, 6) is -0.360. The molecule has 0 amide bonds. The fraction of sp³-hybridized carbons (Fsp3) is 0.956. The van der Waals surface area contributed by atoms with E-state index in [0.29, 0.717) is 6.42 Å². The van der Waals surface area contributed by atoms with Crippen LogP contribution in [0.4, 0.5) is 0 Å². The van der Waals surface area contributed by atoms with Crippen LogP contribution in [-0.4, -0.2) is 84.5 Å². The van der Waals surface area contributed by atoms with E-state index in [1.165, 1.54) is 70.6 Å². The third-order valence-corrected chi connectivity index (χ3v) is 13.3. The van der Waals surface area contributed by atoms with E-state index < -0.39 is 43.2 Å². The summed E-state index contributed by atoms with van der Waals surface area (Å²) in [5.41, 5.74) is 9.34. The van der Waals surface area contributed by atoms with Crippen molar-refractivity contribution >= 4 is 0 Å². The van der Waals surface area contributed by atoms with Crippen molar-refractivity contribution < 1.29 is 82.7 Å². The van der Waals surface area contributed by atoms with Crippen molar-refractivity contribution in [3.63, 3.8) is 0 Å². The minimum atomic E-state index is -0.943. The van der Waals surface area contributed by atoms with Crippen LogP contribution < -0.4 is 0 Å². The third-order valence-electron chi connectivity index (χ3n) is 13.3. The average molecular weight is 1020 g/mol. The summed E-state index contributed by atoms with van der Waals surface area (Å²) in [6.07, 6.45) is 17.5. The number of aliphatic hydroxyl groups excluding tert-OH is 2. The molecular formula is C45H83AcN3O8. The number of azide groups is 1. The van der Waals surface area contributed by atoms with Gasteiger partial charge >= 0.3 is 0 Å². The van der Waals surface area contributed by atoms with E-state index in [4.69, 9.17) is 28.4 Å². The summed E-state index contributed by atoms with van der Waals surface area (Å²) < 4.78 is 39.0. The SMILES string of the molecule is CCCCCCCCCCCCC/C=C/[C@@H](C)C(CO[C@@H]1OC(CC)[C@@H](O[C@@H]2OC(CC)[C@H](O[C@@H]3OC(CC)[C@H](C)C(O)C3C)C(C)C2C)C(C)C1O)N=[N+]=[N-].[Ac]. The van der Waals surface area contributed by atoms with Crippen molar-refractivity contribution in [1.29, 1.82) is 0 Å². The molecular weight excluding hydrogens is 938 g/mol. The second-order valence-electron chi connectivity index (χ2n) is 17.5. The molecule has 10 unspecified atom stereocenters. The zero-order valence-corrected chi connectivity index (χ0v) is 42.3. The maximum absolute atomic E-state index is 11.5. The van der Waals surface area contributed by atoms with E-state index in [-0.39, 0.29) is 111 Å². The smallest absolute Gasteiger partial charge is 0.184 e. The Morgan fingerprint density at radius 3 is 1.67 bits per heavy atom. The van der Waals surface area contributed by atoms with Crippen LogP contribution in [-0.2, 0) is 28.4 Å². The van der Waals surface area contributed by atoms with Gasteiger partial charge in [0.05, 0.1) is 49.3 Å². The first-order chi connectivity index (χ1) is 26.9. The zero-order chi connectivity index (χ0) is 41.2. The van der Waals surface area contributed by atoms with Crippen molar-refractivity contribution in [2.45, 2.75) is 233 Å². The van der Waals surface area contributed by atoms with Crippen molar-refractivity contribution in [2.75, 3.05) is 6.61 Å². The van der Waals surface area contributed by atoms with Crippen LogP contribution in [0.3, 0.4) is 0 Å². The van der Waals surface area contributed by atoms with Gasteiger partial charge in [0.25, 0.3) is 0 Å². The van der Waals surface area contributed by atoms with E-state index >= 15 is 0 Å². The standard InChI is InChI=1S/C45H83N3O8.Ac/c1-11-15-16-17-18-19-20-21-22-23-24-25-26-27-29(5)35(47-48-46)28-51-45-40(50)33(9)42(38(14-4)54-45)56-43-31(7)30(6)41(37(13-3)53-43)55-44-34(10)39(49)32(8)36(12-2)52-44;/h26-27,29-45,49-50H,11-25,28H2,1-10H3;/b27-26+;/t29-,30?,31?,32+,33?,34?,35?,36?,37?,38?,39?,40?,41-,42+,43+,44+,45-;/m1./s1. The van der Waals surface area contributed by atoms with Gasteiger partial charge in [0.2, 0.25) is 0 Å². The fourth-order valence-corrected chi connectivity index (χ4v) is 8.87. The molecule has 0 saturated carbocycles. The van der Waals surface area contributed by atoms with Crippen molar-refractivity contribution in [2.24, 2.45) is 40.6 Å². The molecule has 3 saturated heterocycles. The summed E-state index contributed by atoms with van der Waals surface area (Å²) in [6.45, 7) is 21.0. The summed E-state index contributed by atoms with van der Waals surface area (Å²) in [7, 11) is 0. The minimum Gasteiger partial charge on any atom is -0.392 e. The molecule has 3 aliphatic rings. The van der Waals surface area contributed by atoms with Gasteiger partial charge in [-0.05, 0) is 49.5 Å². The fourth-order valence-electron chi connectivity index (χ4n) is 8.87. The number of rotatable bonds is 25. The van der Waals surface area contributed by atoms with Gasteiger partial charge in [-0.3, -0.25) is 0 Å². The normalized spacial score (nSPS) is 37.0. The first kappa shape index (κ1) is 53.3. The Hall–Kier alpha value is 0.172. The van der Waals surface area contributed by atoms with Gasteiger partial charge in [-0.25, -0.2) is 0 Å². The maximum Gasteiger partial charge on any atom is 0.184 e. The maximum atomic E-state index is 11.5. The number of ether oxygens (including phenoxy) is 6. The molecule has 0 aromatic heterocycles. The largest absolute Gasteiger partial charge is 0.392 e. The number of nitrogens with zero attached hydrogens (tertiary/aromatic N) is 3. The predicted octanol–water partition coefficient (Wildman–Crippen LogP) is 10.7. The molecule has 12 heteroatoms. The number of aliphatic hydroxyl groups is 2. The molecule has 0 aromatic carbocycles. The van der Waals surface area contributed by atoms with Gasteiger partial charge in [-0.2, -0.15) is 0 Å². The first-order valence-electron chi connectivity index (χ1n) is 22.9. The Bertz CT molecular complexity index is 1140.